The van der Waals surface area contributed by atoms with Gasteiger partial charge in [-0.15, -0.1) is 0 Å². The highest BCUT2D eigenvalue weighted by Gasteiger charge is 2.47. The SMILES string of the molecule is CC/C=C\C/C=C\C/C=C\C/C=C\C/C=C\CC(=O)OC(COC(=O)CCCCCCCCCCC/C=C\CCCCCCCC)COC1OC(COC2OC(CO)C(O)C(O)C2O)C(O)C(O)C1O. The Bertz CT molecular complexity index is 1490. The summed E-state index contributed by atoms with van der Waals surface area (Å²) in [4.78, 5) is 25.7. The molecule has 402 valence electrons. The lowest BCUT2D eigenvalue weighted by Gasteiger charge is -2.42. The molecule has 2 rings (SSSR count). The minimum atomic E-state index is -1.78. The van der Waals surface area contributed by atoms with Crippen molar-refractivity contribution in [3.63, 3.8) is 0 Å². The Balaban J connectivity index is 1.82. The fourth-order valence-electron chi connectivity index (χ4n) is 7.87. The molecule has 0 aliphatic carbocycles. The minimum absolute atomic E-state index is 0.0699. The van der Waals surface area contributed by atoms with Gasteiger partial charge in [0, 0.05) is 6.42 Å². The van der Waals surface area contributed by atoms with Crippen molar-refractivity contribution in [3.8, 4) is 0 Å². The monoisotopic (exact) mass is 993 g/mol. The molecule has 11 unspecified atom stereocenters. The fourth-order valence-corrected chi connectivity index (χ4v) is 7.87. The van der Waals surface area contributed by atoms with E-state index in [0.717, 1.165) is 51.4 Å². The zero-order valence-electron chi connectivity index (χ0n) is 42.5. The standard InChI is InChI=1S/C55H92O15/c1-3-5-7-9-11-13-15-17-19-20-21-22-24-25-27-29-31-33-35-37-46(57)65-40-43(68-47(58)38-36-34-32-30-28-26-23-18-16-14-12-10-8-6-4-2)41-66-54-53(64)51(62)49(60)45(70-54)42-67-55-52(63)50(61)48(59)44(39-56)69-55/h6,8,12,14,17-19,23,28,30,34,36,43-45,48-56,59-64H,3-5,7,9-11,13,15-16,20-22,24-27,29,31-33,35,37-42H2,1-2H3/b8-6-,14-12-,19-17-,23-18-,30-28-,36-34-. The van der Waals surface area contributed by atoms with Crippen LogP contribution >= 0.6 is 0 Å². The molecular weight excluding hydrogens is 901 g/mol. The van der Waals surface area contributed by atoms with Gasteiger partial charge in [-0.05, 0) is 64.2 Å². The van der Waals surface area contributed by atoms with Crippen LogP contribution in [0.25, 0.3) is 0 Å². The number of rotatable bonds is 40. The van der Waals surface area contributed by atoms with Crippen molar-refractivity contribution in [1.29, 1.82) is 0 Å². The Kier molecular flexibility index (Phi) is 37.3. The smallest absolute Gasteiger partial charge is 0.310 e. The van der Waals surface area contributed by atoms with Gasteiger partial charge in [-0.25, -0.2) is 0 Å². The van der Waals surface area contributed by atoms with E-state index in [-0.39, 0.29) is 19.4 Å². The second kappa shape index (κ2) is 41.4. The average molecular weight is 993 g/mol. The summed E-state index contributed by atoms with van der Waals surface area (Å²) in [6.07, 6.45) is 32.5. The number of ether oxygens (including phenoxy) is 6. The van der Waals surface area contributed by atoms with Crippen LogP contribution in [0.15, 0.2) is 72.9 Å². The third kappa shape index (κ3) is 28.8. The molecule has 15 heteroatoms. The minimum Gasteiger partial charge on any atom is -0.462 e. The lowest BCUT2D eigenvalue weighted by Crippen LogP contribution is -2.61. The first-order chi connectivity index (χ1) is 34.0. The summed E-state index contributed by atoms with van der Waals surface area (Å²) < 4.78 is 33.4. The van der Waals surface area contributed by atoms with E-state index in [1.165, 1.54) is 77.0 Å². The van der Waals surface area contributed by atoms with E-state index in [1.54, 1.807) is 6.08 Å². The van der Waals surface area contributed by atoms with Crippen LogP contribution in [-0.2, 0) is 38.0 Å². The summed E-state index contributed by atoms with van der Waals surface area (Å²) in [6.45, 7) is 2.36. The Labute approximate surface area is 419 Å². The summed E-state index contributed by atoms with van der Waals surface area (Å²) in [7, 11) is 0. The number of unbranched alkanes of at least 4 members (excludes halogenated alkanes) is 15. The van der Waals surface area contributed by atoms with Crippen molar-refractivity contribution < 1.29 is 73.8 Å². The predicted molar refractivity (Wildman–Crippen MR) is 270 cm³/mol. The van der Waals surface area contributed by atoms with Crippen LogP contribution < -0.4 is 0 Å². The number of aliphatic hydroxyl groups is 7. The van der Waals surface area contributed by atoms with Crippen molar-refractivity contribution in [2.45, 2.75) is 235 Å². The third-order valence-corrected chi connectivity index (χ3v) is 12.2. The third-order valence-electron chi connectivity index (χ3n) is 12.2. The maximum atomic E-state index is 12.9. The summed E-state index contributed by atoms with van der Waals surface area (Å²) in [6, 6.07) is 0. The lowest BCUT2D eigenvalue weighted by atomic mass is 9.98. The number of aliphatic hydroxyl groups excluding tert-OH is 7. The molecule has 0 bridgehead atoms. The Morgan fingerprint density at radius 1 is 0.486 bits per heavy atom. The van der Waals surface area contributed by atoms with Gasteiger partial charge in [0.25, 0.3) is 0 Å². The highest BCUT2D eigenvalue weighted by atomic mass is 16.7. The summed E-state index contributed by atoms with van der Waals surface area (Å²) >= 11 is 0. The number of carbonyl (C=O) groups is 2. The van der Waals surface area contributed by atoms with E-state index in [1.807, 2.05) is 18.2 Å². The van der Waals surface area contributed by atoms with E-state index in [4.69, 9.17) is 28.4 Å². The molecule has 70 heavy (non-hydrogen) atoms. The second-order valence-corrected chi connectivity index (χ2v) is 18.3. The molecule has 11 atom stereocenters. The van der Waals surface area contributed by atoms with Gasteiger partial charge in [0.05, 0.1) is 26.2 Å². The Hall–Kier alpha value is -3.06. The number of hydrogen-bond acceptors (Lipinski definition) is 15. The highest BCUT2D eigenvalue weighted by Crippen LogP contribution is 2.26. The summed E-state index contributed by atoms with van der Waals surface area (Å²) in [5.41, 5.74) is 0. The largest absolute Gasteiger partial charge is 0.462 e. The molecule has 2 fully saturated rings. The van der Waals surface area contributed by atoms with E-state index < -0.39 is 99.3 Å². The molecule has 0 spiro atoms. The van der Waals surface area contributed by atoms with E-state index in [9.17, 15) is 45.3 Å². The number of allylic oxidation sites excluding steroid dienone is 11. The van der Waals surface area contributed by atoms with Crippen molar-refractivity contribution in [2.24, 2.45) is 0 Å². The van der Waals surface area contributed by atoms with E-state index in [0.29, 0.717) is 12.8 Å². The van der Waals surface area contributed by atoms with Crippen LogP contribution in [0, 0.1) is 0 Å². The van der Waals surface area contributed by atoms with Crippen molar-refractivity contribution >= 4 is 11.9 Å². The summed E-state index contributed by atoms with van der Waals surface area (Å²) in [5.74, 6) is -1.08. The molecule has 0 saturated carbocycles. The number of esters is 2. The predicted octanol–water partition coefficient (Wildman–Crippen LogP) is 7.82. The molecule has 0 aromatic rings. The van der Waals surface area contributed by atoms with E-state index in [2.05, 4.69) is 62.5 Å². The first-order valence-electron chi connectivity index (χ1n) is 26.5. The second-order valence-electron chi connectivity index (χ2n) is 18.3. The fraction of sp³-hybridized carbons (Fsp3) is 0.745. The van der Waals surface area contributed by atoms with Gasteiger partial charge < -0.3 is 64.2 Å². The zero-order chi connectivity index (χ0) is 51.0. The maximum absolute atomic E-state index is 12.9. The first-order valence-corrected chi connectivity index (χ1v) is 26.5. The highest BCUT2D eigenvalue weighted by molar-refractivity contribution is 5.71. The van der Waals surface area contributed by atoms with Gasteiger partial charge in [0.15, 0.2) is 18.7 Å². The van der Waals surface area contributed by atoms with Crippen molar-refractivity contribution in [3.05, 3.63) is 72.9 Å². The normalized spacial score (nSPS) is 26.0. The molecule has 2 saturated heterocycles. The van der Waals surface area contributed by atoms with Gasteiger partial charge in [-0.3, -0.25) is 9.59 Å². The molecule has 0 aromatic heterocycles. The van der Waals surface area contributed by atoms with Gasteiger partial charge >= 0.3 is 11.9 Å². The molecular formula is C55H92O15. The van der Waals surface area contributed by atoms with Crippen LogP contribution in [-0.4, -0.2) is 142 Å². The zero-order valence-corrected chi connectivity index (χ0v) is 42.5. The quantitative estimate of drug-likeness (QED) is 0.0176. The van der Waals surface area contributed by atoms with Crippen LogP contribution in [0.3, 0.4) is 0 Å². The van der Waals surface area contributed by atoms with Crippen LogP contribution in [0.1, 0.15) is 168 Å². The first kappa shape index (κ1) is 63.1. The average Bonchev–Trinajstić information content (AvgIpc) is 3.35. The molecule has 2 aliphatic heterocycles. The van der Waals surface area contributed by atoms with Crippen LogP contribution in [0.4, 0.5) is 0 Å². The lowest BCUT2D eigenvalue weighted by molar-refractivity contribution is -0.332. The van der Waals surface area contributed by atoms with Crippen molar-refractivity contribution in [1.82, 2.24) is 0 Å². The van der Waals surface area contributed by atoms with E-state index >= 15 is 0 Å². The molecule has 0 amide bonds. The van der Waals surface area contributed by atoms with Gasteiger partial charge in [0.2, 0.25) is 0 Å². The molecule has 0 radical (unpaired) electrons. The summed E-state index contributed by atoms with van der Waals surface area (Å²) in [5, 5.41) is 72.1. The van der Waals surface area contributed by atoms with Gasteiger partial charge in [-0.2, -0.15) is 0 Å². The Morgan fingerprint density at radius 2 is 0.943 bits per heavy atom. The molecule has 15 nitrogen and oxygen atoms in total. The van der Waals surface area contributed by atoms with Crippen LogP contribution in [0.5, 0.6) is 0 Å². The molecule has 2 heterocycles. The Morgan fingerprint density at radius 3 is 1.47 bits per heavy atom. The number of hydrogen-bond donors (Lipinski definition) is 7. The van der Waals surface area contributed by atoms with Crippen molar-refractivity contribution in [2.75, 3.05) is 26.4 Å². The topological polar surface area (TPSA) is 231 Å². The molecule has 2 aliphatic rings. The molecule has 0 aromatic carbocycles. The molecule has 7 N–H and O–H groups in total. The van der Waals surface area contributed by atoms with Gasteiger partial charge in [-0.1, -0.05) is 164 Å². The van der Waals surface area contributed by atoms with Crippen LogP contribution in [0.2, 0.25) is 0 Å². The number of carbonyl (C=O) groups excluding carboxylic acids is 2. The van der Waals surface area contributed by atoms with Gasteiger partial charge in [0.1, 0.15) is 55.4 Å². The maximum Gasteiger partial charge on any atom is 0.310 e.